The molecule has 0 spiro atoms. The Balaban J connectivity index is 1.85. The van der Waals surface area contributed by atoms with Gasteiger partial charge in [-0.1, -0.05) is 34.8 Å². The van der Waals surface area contributed by atoms with Crippen LogP contribution in [0.2, 0.25) is 0 Å². The van der Waals surface area contributed by atoms with Crippen LogP contribution in [0.15, 0.2) is 60.8 Å². The summed E-state index contributed by atoms with van der Waals surface area (Å²) in [6.07, 6.45) is 1.98. The Bertz CT molecular complexity index is 1200. The van der Waals surface area contributed by atoms with Crippen molar-refractivity contribution < 1.29 is 4.52 Å². The van der Waals surface area contributed by atoms with Crippen molar-refractivity contribution in [1.82, 2.24) is 25.5 Å². The molecule has 4 aromatic heterocycles. The molecule has 5 rings (SSSR count). The van der Waals surface area contributed by atoms with Crippen LogP contribution in [0.1, 0.15) is 0 Å². The quantitative estimate of drug-likeness (QED) is 0.433. The van der Waals surface area contributed by atoms with Gasteiger partial charge in [0, 0.05) is 17.7 Å². The Hall–Kier alpha value is -3.74. The average molecular weight is 328 g/mol. The van der Waals surface area contributed by atoms with Crippen molar-refractivity contribution in [2.75, 3.05) is 5.73 Å². The van der Waals surface area contributed by atoms with Gasteiger partial charge >= 0.3 is 0 Å². The molecule has 0 amide bonds. The Morgan fingerprint density at radius 3 is 2.68 bits per heavy atom. The Kier molecular flexibility index (Phi) is 2.81. The van der Waals surface area contributed by atoms with Crippen molar-refractivity contribution in [2.24, 2.45) is 0 Å². The molecule has 7 heteroatoms. The second kappa shape index (κ2) is 5.13. The molecule has 0 aliphatic heterocycles. The molecule has 0 aliphatic rings. The van der Waals surface area contributed by atoms with Gasteiger partial charge in [-0.2, -0.15) is 10.2 Å². The van der Waals surface area contributed by atoms with Crippen molar-refractivity contribution in [1.29, 1.82) is 0 Å². The minimum Gasteiger partial charge on any atom is -0.384 e. The summed E-state index contributed by atoms with van der Waals surface area (Å²) < 4.78 is 1.97. The molecular formula is C18H14N7+. The molecule has 0 atom stereocenters. The summed E-state index contributed by atoms with van der Waals surface area (Å²) in [5.41, 5.74) is 11.2. The predicted octanol–water partition coefficient (Wildman–Crippen LogP) is 2.34. The number of hydrogen-bond acceptors (Lipinski definition) is 4. The first kappa shape index (κ1) is 13.7. The van der Waals surface area contributed by atoms with Crippen molar-refractivity contribution in [3.05, 3.63) is 60.8 Å². The van der Waals surface area contributed by atoms with E-state index in [4.69, 9.17) is 5.73 Å². The van der Waals surface area contributed by atoms with Gasteiger partial charge in [-0.25, -0.2) is 0 Å². The number of nitrogens with zero attached hydrogens (tertiary/aromatic N) is 4. The highest BCUT2D eigenvalue weighted by Crippen LogP contribution is 2.33. The van der Waals surface area contributed by atoms with E-state index in [2.05, 4.69) is 37.6 Å². The monoisotopic (exact) mass is 328 g/mol. The number of benzene rings is 1. The number of aromatic nitrogens is 6. The van der Waals surface area contributed by atoms with Crippen LogP contribution >= 0.6 is 0 Å². The highest BCUT2D eigenvalue weighted by atomic mass is 15.2. The van der Waals surface area contributed by atoms with Gasteiger partial charge < -0.3 is 5.73 Å². The average Bonchev–Trinajstić information content (AvgIpc) is 3.23. The van der Waals surface area contributed by atoms with Crippen LogP contribution < -0.4 is 10.2 Å². The van der Waals surface area contributed by atoms with Crippen LogP contribution in [0.4, 0.5) is 5.82 Å². The zero-order valence-corrected chi connectivity index (χ0v) is 13.1. The Morgan fingerprint density at radius 1 is 0.960 bits per heavy atom. The summed E-state index contributed by atoms with van der Waals surface area (Å²) in [4.78, 5) is 0. The summed E-state index contributed by atoms with van der Waals surface area (Å²) in [5.74, 6) is 0.486. The molecule has 7 nitrogen and oxygen atoms in total. The van der Waals surface area contributed by atoms with Gasteiger partial charge in [0.15, 0.2) is 0 Å². The number of nitrogen functional groups attached to an aromatic ring is 1. The van der Waals surface area contributed by atoms with Gasteiger partial charge in [0.2, 0.25) is 17.4 Å². The zero-order valence-electron chi connectivity index (χ0n) is 13.1. The van der Waals surface area contributed by atoms with Gasteiger partial charge in [0.25, 0.3) is 0 Å². The van der Waals surface area contributed by atoms with E-state index in [0.717, 1.165) is 33.4 Å². The van der Waals surface area contributed by atoms with E-state index in [1.54, 1.807) is 0 Å². The minimum atomic E-state index is 0.486. The van der Waals surface area contributed by atoms with Gasteiger partial charge in [-0.05, 0) is 12.1 Å². The van der Waals surface area contributed by atoms with Gasteiger partial charge in [-0.3, -0.25) is 5.10 Å². The lowest BCUT2D eigenvalue weighted by molar-refractivity contribution is -0.575. The van der Waals surface area contributed by atoms with Crippen molar-refractivity contribution >= 4 is 22.4 Å². The third-order valence-corrected chi connectivity index (χ3v) is 4.26. The third-order valence-electron chi connectivity index (χ3n) is 4.26. The number of nitrogens with two attached hydrogens (primary N) is 1. The maximum absolute atomic E-state index is 5.96. The fourth-order valence-electron chi connectivity index (χ4n) is 3.08. The first-order valence-corrected chi connectivity index (χ1v) is 7.87. The predicted molar refractivity (Wildman–Crippen MR) is 94.5 cm³/mol. The SMILES string of the molecule is Nc1[nH]nc2nnc(-c3c(-c4ccccc4)[nH][n+]4ccccc34)cc12. The van der Waals surface area contributed by atoms with Crippen LogP contribution in [0.5, 0.6) is 0 Å². The van der Waals surface area contributed by atoms with Crippen molar-refractivity contribution in [3.8, 4) is 22.5 Å². The fourth-order valence-corrected chi connectivity index (χ4v) is 3.08. The Labute approximate surface area is 142 Å². The zero-order chi connectivity index (χ0) is 16.8. The molecule has 0 unspecified atom stereocenters. The molecule has 0 radical (unpaired) electrons. The summed E-state index contributed by atoms with van der Waals surface area (Å²) in [6.45, 7) is 0. The highest BCUT2D eigenvalue weighted by Gasteiger charge is 2.23. The molecule has 25 heavy (non-hydrogen) atoms. The highest BCUT2D eigenvalue weighted by molar-refractivity contribution is 5.93. The first-order valence-electron chi connectivity index (χ1n) is 7.87. The molecule has 5 aromatic rings. The van der Waals surface area contributed by atoms with Crippen LogP contribution in [0.3, 0.4) is 0 Å². The van der Waals surface area contributed by atoms with E-state index in [0.29, 0.717) is 11.5 Å². The van der Waals surface area contributed by atoms with Crippen molar-refractivity contribution in [3.63, 3.8) is 0 Å². The lowest BCUT2D eigenvalue weighted by Gasteiger charge is -2.00. The summed E-state index contributed by atoms with van der Waals surface area (Å²) in [7, 11) is 0. The third kappa shape index (κ3) is 2.06. The van der Waals surface area contributed by atoms with Gasteiger partial charge in [-0.15, -0.1) is 10.2 Å². The maximum Gasteiger partial charge on any atom is 0.247 e. The lowest BCUT2D eigenvalue weighted by Crippen LogP contribution is -2.21. The number of H-pyrrole nitrogens is 2. The van der Waals surface area contributed by atoms with Crippen LogP contribution in [0, 0.1) is 0 Å². The second-order valence-corrected chi connectivity index (χ2v) is 5.79. The lowest BCUT2D eigenvalue weighted by atomic mass is 10.0. The molecule has 0 fully saturated rings. The number of aromatic amines is 2. The fraction of sp³-hybridized carbons (Fsp3) is 0. The molecule has 120 valence electrons. The number of anilines is 1. The van der Waals surface area contributed by atoms with E-state index < -0.39 is 0 Å². The van der Waals surface area contributed by atoms with E-state index in [9.17, 15) is 0 Å². The molecule has 0 bridgehead atoms. The largest absolute Gasteiger partial charge is 0.384 e. The van der Waals surface area contributed by atoms with E-state index >= 15 is 0 Å². The summed E-state index contributed by atoms with van der Waals surface area (Å²) in [5, 5.41) is 19.6. The minimum absolute atomic E-state index is 0.486. The maximum atomic E-state index is 5.96. The number of rotatable bonds is 2. The van der Waals surface area contributed by atoms with Gasteiger partial charge in [0.05, 0.1) is 5.39 Å². The topological polar surface area (TPSA) is 100 Å². The smallest absolute Gasteiger partial charge is 0.247 e. The number of nitrogens with one attached hydrogen (secondary N) is 2. The summed E-state index contributed by atoms with van der Waals surface area (Å²) in [6, 6.07) is 18.1. The van der Waals surface area contributed by atoms with Gasteiger partial charge in [0.1, 0.15) is 22.8 Å². The van der Waals surface area contributed by atoms with Crippen LogP contribution in [-0.4, -0.2) is 25.5 Å². The molecule has 0 saturated carbocycles. The molecule has 0 aliphatic carbocycles. The normalized spacial score (nSPS) is 11.4. The Morgan fingerprint density at radius 2 is 1.80 bits per heavy atom. The molecule has 4 heterocycles. The molecule has 0 saturated heterocycles. The molecule has 4 N–H and O–H groups in total. The van der Waals surface area contributed by atoms with Crippen LogP contribution in [-0.2, 0) is 0 Å². The van der Waals surface area contributed by atoms with E-state index in [-0.39, 0.29) is 0 Å². The van der Waals surface area contributed by atoms with Crippen molar-refractivity contribution in [2.45, 2.75) is 0 Å². The molecular weight excluding hydrogens is 314 g/mol. The molecule has 1 aromatic carbocycles. The number of hydrogen-bond donors (Lipinski definition) is 3. The van der Waals surface area contributed by atoms with E-state index in [1.165, 1.54) is 0 Å². The second-order valence-electron chi connectivity index (χ2n) is 5.79. The first-order chi connectivity index (χ1) is 12.3. The number of fused-ring (bicyclic) bond motifs is 2. The van der Waals surface area contributed by atoms with E-state index in [1.807, 2.05) is 53.2 Å². The van der Waals surface area contributed by atoms with Crippen LogP contribution in [0.25, 0.3) is 39.1 Å². The summed E-state index contributed by atoms with van der Waals surface area (Å²) >= 11 is 0. The number of pyridine rings is 1. The standard InChI is InChI=1S/C18H13N7/c19-17-12-10-13(20-22-18(12)23-21-17)15-14-8-4-5-9-25(14)24-16(15)11-6-2-1-3-7-11/h1-10H,(H3,19,20,21,22,23)/p+1.